The average Bonchev–Trinajstić information content (AvgIpc) is 2.65. The maximum atomic E-state index is 13.3. The molecular weight excluding hydrogens is 301 g/mol. The summed E-state index contributed by atoms with van der Waals surface area (Å²) in [6.07, 6.45) is 0.474. The number of aliphatic hydroxyl groups is 1. The highest BCUT2D eigenvalue weighted by atomic mass is 79.9. The molecule has 0 saturated carbocycles. The van der Waals surface area contributed by atoms with Gasteiger partial charge in [0, 0.05) is 26.1 Å². The van der Waals surface area contributed by atoms with Crippen molar-refractivity contribution < 1.29 is 14.2 Å². The second-order valence-corrected chi connectivity index (χ2v) is 5.57. The maximum absolute atomic E-state index is 13.3. The van der Waals surface area contributed by atoms with Crippen LogP contribution in [0, 0.1) is 5.82 Å². The molecule has 1 fully saturated rings. The summed E-state index contributed by atoms with van der Waals surface area (Å²) in [5, 5.41) is 13.4. The highest BCUT2D eigenvalue weighted by Gasteiger charge is 2.38. The number of benzene rings is 1. The number of hydrogen-bond acceptors (Lipinski definition) is 3. The monoisotopic (exact) mass is 317 g/mol. The Morgan fingerprint density at radius 3 is 3.00 bits per heavy atom. The zero-order valence-corrected chi connectivity index (χ0v) is 11.8. The molecule has 0 aliphatic carbocycles. The van der Waals surface area contributed by atoms with Crippen molar-refractivity contribution in [2.75, 3.05) is 13.2 Å². The van der Waals surface area contributed by atoms with Crippen molar-refractivity contribution in [2.45, 2.75) is 31.6 Å². The molecule has 1 heterocycles. The van der Waals surface area contributed by atoms with Crippen LogP contribution in [-0.2, 0) is 11.3 Å². The van der Waals surface area contributed by atoms with E-state index in [1.54, 1.807) is 6.07 Å². The van der Waals surface area contributed by atoms with Gasteiger partial charge in [0.15, 0.2) is 0 Å². The molecule has 100 valence electrons. The molecule has 5 heteroatoms. The topological polar surface area (TPSA) is 41.5 Å². The quantitative estimate of drug-likeness (QED) is 0.894. The summed E-state index contributed by atoms with van der Waals surface area (Å²) in [7, 11) is 0. The van der Waals surface area contributed by atoms with Gasteiger partial charge < -0.3 is 15.2 Å². The van der Waals surface area contributed by atoms with E-state index >= 15 is 0 Å². The van der Waals surface area contributed by atoms with Crippen molar-refractivity contribution in [1.82, 2.24) is 5.32 Å². The van der Waals surface area contributed by atoms with Gasteiger partial charge in [-0.05, 0) is 40.5 Å². The van der Waals surface area contributed by atoms with Gasteiger partial charge in [0.05, 0.1) is 10.6 Å². The Labute approximate surface area is 114 Å². The lowest BCUT2D eigenvalue weighted by Crippen LogP contribution is -2.45. The summed E-state index contributed by atoms with van der Waals surface area (Å²) < 4.78 is 19.1. The van der Waals surface area contributed by atoms with Gasteiger partial charge in [-0.1, -0.05) is 6.07 Å². The Bertz CT molecular complexity index is 429. The molecule has 0 spiro atoms. The zero-order valence-electron chi connectivity index (χ0n) is 10.2. The highest BCUT2D eigenvalue weighted by molar-refractivity contribution is 9.10. The summed E-state index contributed by atoms with van der Waals surface area (Å²) >= 11 is 3.12. The van der Waals surface area contributed by atoms with Crippen molar-refractivity contribution in [2.24, 2.45) is 0 Å². The van der Waals surface area contributed by atoms with Crippen molar-refractivity contribution in [3.63, 3.8) is 0 Å². The molecular formula is C13H17BrFNO2. The van der Waals surface area contributed by atoms with E-state index in [1.807, 2.05) is 13.0 Å². The Morgan fingerprint density at radius 1 is 1.61 bits per heavy atom. The van der Waals surface area contributed by atoms with Gasteiger partial charge in [-0.15, -0.1) is 0 Å². The van der Waals surface area contributed by atoms with Crippen LogP contribution >= 0.6 is 15.9 Å². The minimum Gasteiger partial charge on any atom is -0.386 e. The second kappa shape index (κ2) is 5.65. The fraction of sp³-hybridized carbons (Fsp3) is 0.538. The van der Waals surface area contributed by atoms with Crippen LogP contribution in [0.1, 0.15) is 18.9 Å². The van der Waals surface area contributed by atoms with E-state index in [1.165, 1.54) is 6.07 Å². The summed E-state index contributed by atoms with van der Waals surface area (Å²) in [6.45, 7) is 3.44. The predicted octanol–water partition coefficient (Wildman–Crippen LogP) is 2.22. The minimum atomic E-state index is -0.812. The first-order valence-electron chi connectivity index (χ1n) is 6.00. The normalized spacial score (nSPS) is 27.7. The Balaban J connectivity index is 1.86. The third kappa shape index (κ3) is 3.09. The van der Waals surface area contributed by atoms with Crippen molar-refractivity contribution >= 4 is 15.9 Å². The Morgan fingerprint density at radius 2 is 2.39 bits per heavy atom. The van der Waals surface area contributed by atoms with E-state index in [9.17, 15) is 9.50 Å². The SMILES string of the molecule is CC1OCCC1(O)CNCc1ccc(Br)c(F)c1. The smallest absolute Gasteiger partial charge is 0.137 e. The van der Waals surface area contributed by atoms with Crippen molar-refractivity contribution in [1.29, 1.82) is 0 Å². The third-order valence-electron chi connectivity index (χ3n) is 3.40. The Hall–Kier alpha value is -0.490. The number of hydrogen-bond donors (Lipinski definition) is 2. The van der Waals surface area contributed by atoms with Gasteiger partial charge >= 0.3 is 0 Å². The molecule has 1 aromatic carbocycles. The molecule has 0 radical (unpaired) electrons. The van der Waals surface area contributed by atoms with Gasteiger partial charge in [0.2, 0.25) is 0 Å². The summed E-state index contributed by atoms with van der Waals surface area (Å²) in [5.74, 6) is -0.273. The van der Waals surface area contributed by atoms with Crippen molar-refractivity contribution in [3.8, 4) is 0 Å². The molecule has 0 amide bonds. The zero-order chi connectivity index (χ0) is 13.2. The number of ether oxygens (including phenoxy) is 1. The van der Waals surface area contributed by atoms with E-state index in [0.717, 1.165) is 5.56 Å². The summed E-state index contributed by atoms with van der Waals surface area (Å²) in [4.78, 5) is 0. The van der Waals surface area contributed by atoms with Crippen LogP contribution in [0.15, 0.2) is 22.7 Å². The standard InChI is InChI=1S/C13H17BrFNO2/c1-9-13(17,4-5-18-9)8-16-7-10-2-3-11(14)12(15)6-10/h2-3,6,9,16-17H,4-5,7-8H2,1H3. The first-order chi connectivity index (χ1) is 8.51. The highest BCUT2D eigenvalue weighted by Crippen LogP contribution is 2.25. The largest absolute Gasteiger partial charge is 0.386 e. The molecule has 2 unspecified atom stereocenters. The Kier molecular flexibility index (Phi) is 4.37. The minimum absolute atomic E-state index is 0.161. The molecule has 0 aromatic heterocycles. The third-order valence-corrected chi connectivity index (χ3v) is 4.05. The molecule has 1 aromatic rings. The molecule has 2 rings (SSSR count). The lowest BCUT2D eigenvalue weighted by atomic mass is 9.96. The summed E-state index contributed by atoms with van der Waals surface area (Å²) in [5.41, 5.74) is 0.0411. The van der Waals surface area contributed by atoms with Crippen LogP contribution in [0.3, 0.4) is 0 Å². The molecule has 2 N–H and O–H groups in total. The van der Waals surface area contributed by atoms with Gasteiger partial charge in [-0.3, -0.25) is 0 Å². The molecule has 1 saturated heterocycles. The van der Waals surface area contributed by atoms with Crippen LogP contribution in [0.25, 0.3) is 0 Å². The van der Waals surface area contributed by atoms with Crippen LogP contribution < -0.4 is 5.32 Å². The van der Waals surface area contributed by atoms with E-state index < -0.39 is 5.60 Å². The number of nitrogens with one attached hydrogen (secondary N) is 1. The number of rotatable bonds is 4. The molecule has 1 aliphatic heterocycles. The maximum Gasteiger partial charge on any atom is 0.137 e. The van der Waals surface area contributed by atoms with Crippen LogP contribution in [-0.4, -0.2) is 30.0 Å². The van der Waals surface area contributed by atoms with E-state index in [0.29, 0.717) is 30.6 Å². The van der Waals surface area contributed by atoms with E-state index in [4.69, 9.17) is 4.74 Å². The molecule has 0 bridgehead atoms. The van der Waals surface area contributed by atoms with Crippen LogP contribution in [0.4, 0.5) is 4.39 Å². The first-order valence-corrected chi connectivity index (χ1v) is 6.79. The van der Waals surface area contributed by atoms with E-state index in [2.05, 4.69) is 21.2 Å². The average molecular weight is 318 g/mol. The lowest BCUT2D eigenvalue weighted by molar-refractivity contribution is -0.0262. The van der Waals surface area contributed by atoms with Gasteiger partial charge in [-0.2, -0.15) is 0 Å². The molecule has 1 aliphatic rings. The molecule has 2 atom stereocenters. The molecule has 3 nitrogen and oxygen atoms in total. The van der Waals surface area contributed by atoms with E-state index in [-0.39, 0.29) is 11.9 Å². The van der Waals surface area contributed by atoms with Gasteiger partial charge in [0.1, 0.15) is 11.4 Å². The second-order valence-electron chi connectivity index (χ2n) is 4.72. The molecule has 18 heavy (non-hydrogen) atoms. The van der Waals surface area contributed by atoms with Gasteiger partial charge in [-0.25, -0.2) is 4.39 Å². The lowest BCUT2D eigenvalue weighted by Gasteiger charge is -2.26. The first kappa shape index (κ1) is 13.9. The summed E-state index contributed by atoms with van der Waals surface area (Å²) in [6, 6.07) is 5.01. The fourth-order valence-corrected chi connectivity index (χ4v) is 2.32. The van der Waals surface area contributed by atoms with Crippen LogP contribution in [0.5, 0.6) is 0 Å². The van der Waals surface area contributed by atoms with Crippen LogP contribution in [0.2, 0.25) is 0 Å². The van der Waals surface area contributed by atoms with Gasteiger partial charge in [0.25, 0.3) is 0 Å². The van der Waals surface area contributed by atoms with Crippen molar-refractivity contribution in [3.05, 3.63) is 34.1 Å². The predicted molar refractivity (Wildman–Crippen MR) is 70.8 cm³/mol. The fourth-order valence-electron chi connectivity index (χ4n) is 2.08. The number of halogens is 2.